The number of hydrogen-bond acceptors (Lipinski definition) is 0. The van der Waals surface area contributed by atoms with Crippen molar-refractivity contribution in [3.8, 4) is 0 Å². The second-order valence-electron chi connectivity index (χ2n) is 9.94. The van der Waals surface area contributed by atoms with Crippen molar-refractivity contribution >= 4 is 66.7 Å². The first-order valence-corrected chi connectivity index (χ1v) is 18.1. The van der Waals surface area contributed by atoms with E-state index in [2.05, 4.69) is 102 Å². The standard InChI is InChI=1S/C27H27GeN2/c1-16-14-17(2)24-25-19(16)8-7-9-23(25)30-22-11-10-18(28(3,4)5)15-21(22)20-12-13-29(6)27(24)26(20)30/h7-15H,1-6H3/q+1. The molecule has 3 aromatic heterocycles. The molecule has 0 bridgehead atoms. The van der Waals surface area contributed by atoms with E-state index < -0.39 is 13.3 Å². The van der Waals surface area contributed by atoms with Gasteiger partial charge in [0, 0.05) is 0 Å². The van der Waals surface area contributed by atoms with Gasteiger partial charge in [0.05, 0.1) is 0 Å². The second kappa shape index (κ2) is 5.76. The van der Waals surface area contributed by atoms with Gasteiger partial charge < -0.3 is 0 Å². The van der Waals surface area contributed by atoms with Crippen molar-refractivity contribution in [2.75, 3.05) is 0 Å². The zero-order valence-electron chi connectivity index (χ0n) is 18.6. The summed E-state index contributed by atoms with van der Waals surface area (Å²) in [6.07, 6.45) is 2.24. The Hall–Kier alpha value is -2.59. The van der Waals surface area contributed by atoms with Gasteiger partial charge in [-0.3, -0.25) is 0 Å². The zero-order chi connectivity index (χ0) is 20.9. The molecule has 30 heavy (non-hydrogen) atoms. The van der Waals surface area contributed by atoms with Crippen molar-refractivity contribution in [2.45, 2.75) is 31.1 Å². The minimum atomic E-state index is -1.92. The van der Waals surface area contributed by atoms with Gasteiger partial charge >= 0.3 is 180 Å². The maximum absolute atomic E-state index is 2.52. The van der Waals surface area contributed by atoms with Gasteiger partial charge in [-0.2, -0.15) is 0 Å². The Morgan fingerprint density at radius 2 is 1.57 bits per heavy atom. The van der Waals surface area contributed by atoms with Crippen molar-refractivity contribution in [2.24, 2.45) is 7.05 Å². The molecule has 0 N–H and O–H groups in total. The van der Waals surface area contributed by atoms with E-state index in [1.165, 1.54) is 60.1 Å². The van der Waals surface area contributed by atoms with Crippen LogP contribution in [0.1, 0.15) is 11.1 Å². The molecule has 0 saturated heterocycles. The number of fused-ring (bicyclic) bond motifs is 5. The first-order chi connectivity index (χ1) is 14.3. The summed E-state index contributed by atoms with van der Waals surface area (Å²) >= 11 is -1.92. The first kappa shape index (κ1) is 18.2. The normalized spacial score (nSPS) is 13.0. The Morgan fingerprint density at radius 1 is 0.767 bits per heavy atom. The van der Waals surface area contributed by atoms with Crippen LogP contribution >= 0.6 is 0 Å². The van der Waals surface area contributed by atoms with Gasteiger partial charge in [0.1, 0.15) is 0 Å². The summed E-state index contributed by atoms with van der Waals surface area (Å²) in [5.74, 6) is 7.44. The van der Waals surface area contributed by atoms with Crippen LogP contribution in [0.3, 0.4) is 0 Å². The fraction of sp³-hybridized carbons (Fsp3) is 0.222. The molecule has 148 valence electrons. The van der Waals surface area contributed by atoms with Crippen LogP contribution in [-0.4, -0.2) is 17.7 Å². The van der Waals surface area contributed by atoms with E-state index in [1.54, 1.807) is 4.40 Å². The van der Waals surface area contributed by atoms with Crippen LogP contribution < -0.4 is 8.96 Å². The Labute approximate surface area is 179 Å². The van der Waals surface area contributed by atoms with E-state index in [0.717, 1.165) is 0 Å². The zero-order valence-corrected chi connectivity index (χ0v) is 20.7. The Morgan fingerprint density at radius 3 is 2.33 bits per heavy atom. The second-order valence-corrected chi connectivity index (χ2v) is 20.6. The summed E-state index contributed by atoms with van der Waals surface area (Å²) in [6, 6.07) is 18.7. The van der Waals surface area contributed by atoms with Crippen LogP contribution in [0, 0.1) is 13.8 Å². The average molecular weight is 452 g/mol. The molecule has 0 saturated carbocycles. The summed E-state index contributed by atoms with van der Waals surface area (Å²) in [7, 11) is 2.19. The molecular formula is C27H27GeN2+. The van der Waals surface area contributed by atoms with Gasteiger partial charge in [-0.05, 0) is 0 Å². The molecule has 0 aliphatic carbocycles. The fourth-order valence-electron chi connectivity index (χ4n) is 5.45. The van der Waals surface area contributed by atoms with Crippen molar-refractivity contribution in [3.05, 3.63) is 65.9 Å². The number of benzene rings is 3. The monoisotopic (exact) mass is 453 g/mol. The number of aryl methyl sites for hydroxylation is 3. The van der Waals surface area contributed by atoms with E-state index in [4.69, 9.17) is 0 Å². The summed E-state index contributed by atoms with van der Waals surface area (Å²) < 4.78 is 6.40. The molecule has 6 aromatic rings. The van der Waals surface area contributed by atoms with Crippen LogP contribution in [0.2, 0.25) is 17.3 Å². The van der Waals surface area contributed by atoms with Gasteiger partial charge in [0.25, 0.3) is 0 Å². The number of hydrogen-bond donors (Lipinski definition) is 0. The molecule has 2 nitrogen and oxygen atoms in total. The molecule has 3 heterocycles. The number of nitrogens with zero attached hydrogens (tertiary/aromatic N) is 2. The van der Waals surface area contributed by atoms with E-state index in [9.17, 15) is 0 Å². The molecule has 0 unspecified atom stereocenters. The first-order valence-electron chi connectivity index (χ1n) is 10.8. The molecule has 3 aromatic carbocycles. The van der Waals surface area contributed by atoms with Crippen molar-refractivity contribution in [3.63, 3.8) is 0 Å². The summed E-state index contributed by atoms with van der Waals surface area (Å²) in [4.78, 5) is 0. The minimum absolute atomic E-state index is 1.32. The van der Waals surface area contributed by atoms with Crippen molar-refractivity contribution in [1.29, 1.82) is 0 Å². The molecule has 3 heteroatoms. The fourth-order valence-corrected chi connectivity index (χ4v) is 7.89. The molecular weight excluding hydrogens is 425 g/mol. The molecule has 0 atom stereocenters. The Bertz CT molecular complexity index is 1650. The van der Waals surface area contributed by atoms with Crippen molar-refractivity contribution in [1.82, 2.24) is 4.40 Å². The maximum atomic E-state index is 2.52. The van der Waals surface area contributed by atoms with Crippen molar-refractivity contribution < 1.29 is 4.57 Å². The number of aromatic nitrogens is 2. The quantitative estimate of drug-likeness (QED) is 0.126. The number of rotatable bonds is 1. The van der Waals surface area contributed by atoms with Gasteiger partial charge in [-0.15, -0.1) is 0 Å². The van der Waals surface area contributed by atoms with Gasteiger partial charge in [-0.1, -0.05) is 0 Å². The summed E-state index contributed by atoms with van der Waals surface area (Å²) in [5, 5.41) is 6.90. The number of pyridine rings is 2. The molecule has 0 spiro atoms. The molecule has 0 aliphatic rings. The Kier molecular flexibility index (Phi) is 3.50. The van der Waals surface area contributed by atoms with E-state index in [0.29, 0.717) is 0 Å². The average Bonchev–Trinajstić information content (AvgIpc) is 3.03. The predicted molar refractivity (Wildman–Crippen MR) is 132 cm³/mol. The van der Waals surface area contributed by atoms with E-state index >= 15 is 0 Å². The van der Waals surface area contributed by atoms with Crippen LogP contribution in [0.5, 0.6) is 0 Å². The third-order valence-corrected chi connectivity index (χ3v) is 11.2. The summed E-state index contributed by atoms with van der Waals surface area (Å²) in [5.41, 5.74) is 8.04. The van der Waals surface area contributed by atoms with E-state index in [1.807, 2.05) is 0 Å². The summed E-state index contributed by atoms with van der Waals surface area (Å²) in [6.45, 7) is 4.50. The third-order valence-electron chi connectivity index (χ3n) is 6.94. The molecule has 0 fully saturated rings. The van der Waals surface area contributed by atoms with Gasteiger partial charge in [0.2, 0.25) is 0 Å². The molecule has 0 aliphatic heterocycles. The van der Waals surface area contributed by atoms with Crippen LogP contribution in [0.4, 0.5) is 0 Å². The van der Waals surface area contributed by atoms with Crippen LogP contribution in [0.15, 0.2) is 54.7 Å². The van der Waals surface area contributed by atoms with Crippen LogP contribution in [-0.2, 0) is 7.05 Å². The Balaban J connectivity index is 2.02. The van der Waals surface area contributed by atoms with E-state index in [-0.39, 0.29) is 0 Å². The molecule has 0 radical (unpaired) electrons. The van der Waals surface area contributed by atoms with Gasteiger partial charge in [-0.25, -0.2) is 0 Å². The SMILES string of the molecule is Cc1cc(C)c2c3c1cccc3n1c3cc[c]([Ge]([CH3])([CH3])[CH3])cc3c3cc[n+](C)c2c31. The molecule has 6 rings (SSSR count). The topological polar surface area (TPSA) is 8.29 Å². The predicted octanol–water partition coefficient (Wildman–Crippen LogP) is 5.98. The van der Waals surface area contributed by atoms with Gasteiger partial charge in [0.15, 0.2) is 0 Å². The third kappa shape index (κ3) is 2.18. The van der Waals surface area contributed by atoms with Crippen LogP contribution in [0.25, 0.3) is 49.0 Å². The molecule has 0 amide bonds.